The molecule has 0 saturated carbocycles. The third-order valence-corrected chi connectivity index (χ3v) is 2.63. The Balaban J connectivity index is 2.59. The lowest BCUT2D eigenvalue weighted by Gasteiger charge is -2.14. The van der Waals surface area contributed by atoms with E-state index >= 15 is 0 Å². The topological polar surface area (TPSA) is 70.7 Å². The van der Waals surface area contributed by atoms with Crippen LogP contribution in [0.3, 0.4) is 0 Å². The number of nitrogens with zero attached hydrogens (tertiary/aromatic N) is 3. The first-order chi connectivity index (χ1) is 8.08. The number of amides is 1. The summed E-state index contributed by atoms with van der Waals surface area (Å²) in [5.41, 5.74) is 0.939. The molecule has 0 radical (unpaired) electrons. The molecule has 1 heterocycles. The molecule has 5 nitrogen and oxygen atoms in total. The molecule has 0 fully saturated rings. The van der Waals surface area contributed by atoms with Crippen LogP contribution in [0.15, 0.2) is 12.4 Å². The fourth-order valence-electron chi connectivity index (χ4n) is 1.60. The minimum atomic E-state index is -0.556. The Kier molecular flexibility index (Phi) is 4.70. The van der Waals surface area contributed by atoms with Gasteiger partial charge in [-0.3, -0.25) is 9.48 Å². The lowest BCUT2D eigenvalue weighted by atomic mass is 10.0. The highest BCUT2D eigenvalue weighted by Crippen LogP contribution is 2.13. The highest BCUT2D eigenvalue weighted by molar-refractivity contribution is 5.81. The Morgan fingerprint density at radius 2 is 2.41 bits per heavy atom. The highest BCUT2D eigenvalue weighted by Gasteiger charge is 2.19. The second kappa shape index (κ2) is 6.04. The van der Waals surface area contributed by atoms with Crippen LogP contribution in [0.5, 0.6) is 0 Å². The summed E-state index contributed by atoms with van der Waals surface area (Å²) in [7, 11) is 1.83. The van der Waals surface area contributed by atoms with Gasteiger partial charge >= 0.3 is 0 Å². The summed E-state index contributed by atoms with van der Waals surface area (Å²) in [5.74, 6) is -0.759. The van der Waals surface area contributed by atoms with Crippen molar-refractivity contribution < 1.29 is 4.79 Å². The number of hydrogen-bond donors (Lipinski definition) is 1. The molecular formula is C12H18N4O. The fourth-order valence-corrected chi connectivity index (χ4v) is 1.60. The van der Waals surface area contributed by atoms with Crippen LogP contribution in [0.4, 0.5) is 0 Å². The maximum atomic E-state index is 11.8. The first-order valence-electron chi connectivity index (χ1n) is 5.77. The van der Waals surface area contributed by atoms with E-state index in [1.54, 1.807) is 10.9 Å². The van der Waals surface area contributed by atoms with E-state index in [0.717, 1.165) is 12.0 Å². The number of aryl methyl sites for hydroxylation is 1. The van der Waals surface area contributed by atoms with Crippen LogP contribution in [0.1, 0.15) is 38.3 Å². The van der Waals surface area contributed by atoms with Gasteiger partial charge in [-0.05, 0) is 13.3 Å². The average Bonchev–Trinajstić information content (AvgIpc) is 2.72. The van der Waals surface area contributed by atoms with Gasteiger partial charge in [-0.1, -0.05) is 13.3 Å². The van der Waals surface area contributed by atoms with Crippen LogP contribution in [0, 0.1) is 17.2 Å². The van der Waals surface area contributed by atoms with Crippen LogP contribution in [-0.2, 0) is 11.8 Å². The lowest BCUT2D eigenvalue weighted by molar-refractivity contribution is -0.124. The number of carbonyl (C=O) groups excluding carboxylic acids is 1. The fraction of sp³-hybridized carbons (Fsp3) is 0.583. The van der Waals surface area contributed by atoms with E-state index in [-0.39, 0.29) is 11.9 Å². The van der Waals surface area contributed by atoms with E-state index in [4.69, 9.17) is 5.26 Å². The van der Waals surface area contributed by atoms with Crippen molar-refractivity contribution in [1.82, 2.24) is 15.1 Å². The van der Waals surface area contributed by atoms with E-state index in [1.165, 1.54) is 0 Å². The van der Waals surface area contributed by atoms with Crippen LogP contribution in [-0.4, -0.2) is 15.7 Å². The van der Waals surface area contributed by atoms with Crippen molar-refractivity contribution in [3.8, 4) is 6.07 Å². The molecule has 0 aliphatic carbocycles. The number of aromatic nitrogens is 2. The van der Waals surface area contributed by atoms with Gasteiger partial charge in [-0.15, -0.1) is 0 Å². The summed E-state index contributed by atoms with van der Waals surface area (Å²) in [5, 5.41) is 15.8. The second-order valence-corrected chi connectivity index (χ2v) is 4.15. The summed E-state index contributed by atoms with van der Waals surface area (Å²) in [6.07, 6.45) is 4.99. The summed E-state index contributed by atoms with van der Waals surface area (Å²) < 4.78 is 1.69. The van der Waals surface area contributed by atoms with Crippen molar-refractivity contribution in [2.45, 2.75) is 32.7 Å². The van der Waals surface area contributed by atoms with E-state index in [0.29, 0.717) is 6.42 Å². The Labute approximate surface area is 101 Å². The van der Waals surface area contributed by atoms with Crippen molar-refractivity contribution in [2.24, 2.45) is 13.0 Å². The number of rotatable bonds is 5. The van der Waals surface area contributed by atoms with Crippen molar-refractivity contribution in [3.05, 3.63) is 18.0 Å². The van der Waals surface area contributed by atoms with Crippen molar-refractivity contribution >= 4 is 5.91 Å². The molecule has 1 aromatic heterocycles. The smallest absolute Gasteiger partial charge is 0.237 e. The molecular weight excluding hydrogens is 216 g/mol. The first-order valence-corrected chi connectivity index (χ1v) is 5.77. The number of nitrogens with one attached hydrogen (secondary N) is 1. The summed E-state index contributed by atoms with van der Waals surface area (Å²) in [6, 6.07) is 1.91. The third kappa shape index (κ3) is 3.59. The van der Waals surface area contributed by atoms with Crippen molar-refractivity contribution in [3.63, 3.8) is 0 Å². The standard InChI is InChI=1S/C12H18N4O/c1-4-5-10(6-13)12(17)15-9(2)11-7-14-16(3)8-11/h7-10H,4-5H2,1-3H3,(H,15,17). The Morgan fingerprint density at radius 3 is 2.88 bits per heavy atom. The van der Waals surface area contributed by atoms with Gasteiger partial charge in [0.1, 0.15) is 5.92 Å². The van der Waals surface area contributed by atoms with Gasteiger partial charge in [-0.2, -0.15) is 10.4 Å². The molecule has 0 aliphatic rings. The van der Waals surface area contributed by atoms with Gasteiger partial charge in [0.25, 0.3) is 0 Å². The minimum absolute atomic E-state index is 0.121. The molecule has 17 heavy (non-hydrogen) atoms. The Bertz CT molecular complexity index is 418. The minimum Gasteiger partial charge on any atom is -0.348 e. The van der Waals surface area contributed by atoms with Crippen molar-refractivity contribution in [1.29, 1.82) is 5.26 Å². The maximum Gasteiger partial charge on any atom is 0.237 e. The zero-order chi connectivity index (χ0) is 12.8. The predicted octanol–water partition coefficient (Wildman–Crippen LogP) is 1.54. The zero-order valence-electron chi connectivity index (χ0n) is 10.5. The summed E-state index contributed by atoms with van der Waals surface area (Å²) in [4.78, 5) is 11.8. The molecule has 0 saturated heterocycles. The van der Waals surface area contributed by atoms with E-state index in [2.05, 4.69) is 10.4 Å². The van der Waals surface area contributed by atoms with Gasteiger partial charge < -0.3 is 5.32 Å². The number of nitriles is 1. The van der Waals surface area contributed by atoms with Crippen LogP contribution in [0.25, 0.3) is 0 Å². The predicted molar refractivity (Wildman–Crippen MR) is 63.8 cm³/mol. The SMILES string of the molecule is CCCC(C#N)C(=O)NC(C)c1cnn(C)c1. The molecule has 2 atom stereocenters. The quantitative estimate of drug-likeness (QED) is 0.840. The molecule has 1 N–H and O–H groups in total. The van der Waals surface area contributed by atoms with Gasteiger partial charge in [0.05, 0.1) is 18.3 Å². The van der Waals surface area contributed by atoms with Crippen molar-refractivity contribution in [2.75, 3.05) is 0 Å². The molecule has 5 heteroatoms. The molecule has 92 valence electrons. The van der Waals surface area contributed by atoms with E-state index in [9.17, 15) is 4.79 Å². The first kappa shape index (κ1) is 13.2. The highest BCUT2D eigenvalue weighted by atomic mass is 16.1. The molecule has 0 spiro atoms. The lowest BCUT2D eigenvalue weighted by Crippen LogP contribution is -2.32. The number of carbonyl (C=O) groups is 1. The molecule has 0 aliphatic heterocycles. The molecule has 2 unspecified atom stereocenters. The summed E-state index contributed by atoms with van der Waals surface area (Å²) in [6.45, 7) is 3.84. The summed E-state index contributed by atoms with van der Waals surface area (Å²) >= 11 is 0. The zero-order valence-corrected chi connectivity index (χ0v) is 10.5. The molecule has 1 rings (SSSR count). The Morgan fingerprint density at radius 1 is 1.71 bits per heavy atom. The molecule has 0 bridgehead atoms. The molecule has 1 amide bonds. The van der Waals surface area contributed by atoms with Gasteiger partial charge in [0.15, 0.2) is 0 Å². The Hall–Kier alpha value is -1.83. The second-order valence-electron chi connectivity index (χ2n) is 4.15. The molecule has 0 aromatic carbocycles. The van der Waals surface area contributed by atoms with E-state index < -0.39 is 5.92 Å². The third-order valence-electron chi connectivity index (χ3n) is 2.63. The average molecular weight is 234 g/mol. The monoisotopic (exact) mass is 234 g/mol. The van der Waals surface area contributed by atoms with E-state index in [1.807, 2.05) is 33.2 Å². The van der Waals surface area contributed by atoms with Gasteiger partial charge in [0.2, 0.25) is 5.91 Å². The maximum absolute atomic E-state index is 11.8. The van der Waals surface area contributed by atoms with Crippen LogP contribution < -0.4 is 5.32 Å². The number of hydrogen-bond acceptors (Lipinski definition) is 3. The largest absolute Gasteiger partial charge is 0.348 e. The van der Waals surface area contributed by atoms with Crippen LogP contribution >= 0.6 is 0 Å². The van der Waals surface area contributed by atoms with Gasteiger partial charge in [-0.25, -0.2) is 0 Å². The molecule has 1 aromatic rings. The normalized spacial score (nSPS) is 13.8. The van der Waals surface area contributed by atoms with Crippen LogP contribution in [0.2, 0.25) is 0 Å². The van der Waals surface area contributed by atoms with Gasteiger partial charge in [0, 0.05) is 18.8 Å².